The van der Waals surface area contributed by atoms with Gasteiger partial charge in [-0.15, -0.1) is 0 Å². The van der Waals surface area contributed by atoms with Gasteiger partial charge in [0.15, 0.2) is 6.10 Å². The third-order valence-corrected chi connectivity index (χ3v) is 9.41. The molecule has 1 atom stereocenters. The summed E-state index contributed by atoms with van der Waals surface area (Å²) in [6.45, 7) is 6.46. The van der Waals surface area contributed by atoms with Crippen molar-refractivity contribution in [2.45, 2.75) is 226 Å². The maximum absolute atomic E-state index is 12.7. The van der Waals surface area contributed by atoms with E-state index in [1.165, 1.54) is 103 Å². The van der Waals surface area contributed by atoms with Crippen LogP contribution in [0.15, 0.2) is 36.5 Å². The predicted octanol–water partition coefficient (Wildman–Crippen LogP) is 13.8. The van der Waals surface area contributed by atoms with Crippen molar-refractivity contribution in [2.24, 2.45) is 0 Å². The van der Waals surface area contributed by atoms with Crippen molar-refractivity contribution >= 4 is 17.9 Å². The molecule has 302 valence electrons. The second kappa shape index (κ2) is 41.4. The van der Waals surface area contributed by atoms with Crippen LogP contribution >= 0.6 is 0 Å². The van der Waals surface area contributed by atoms with Crippen LogP contribution in [-0.4, -0.2) is 37.2 Å². The highest BCUT2D eigenvalue weighted by Crippen LogP contribution is 2.14. The maximum Gasteiger partial charge on any atom is 0.306 e. The van der Waals surface area contributed by atoms with Crippen LogP contribution in [0.25, 0.3) is 0 Å². The van der Waals surface area contributed by atoms with Gasteiger partial charge in [0.05, 0.1) is 0 Å². The van der Waals surface area contributed by atoms with E-state index in [-0.39, 0.29) is 31.1 Å². The Morgan fingerprint density at radius 3 is 1.17 bits per heavy atom. The summed E-state index contributed by atoms with van der Waals surface area (Å²) in [5.41, 5.74) is 0. The van der Waals surface area contributed by atoms with Gasteiger partial charge in [0, 0.05) is 19.3 Å². The third-order valence-electron chi connectivity index (χ3n) is 9.41. The molecule has 0 heterocycles. The highest BCUT2D eigenvalue weighted by molar-refractivity contribution is 5.71. The summed E-state index contributed by atoms with van der Waals surface area (Å²) < 4.78 is 16.6. The lowest BCUT2D eigenvalue weighted by atomic mass is 10.1. The van der Waals surface area contributed by atoms with Gasteiger partial charge in [-0.2, -0.15) is 0 Å². The summed E-state index contributed by atoms with van der Waals surface area (Å²) in [7, 11) is 0. The largest absolute Gasteiger partial charge is 0.462 e. The predicted molar refractivity (Wildman–Crippen MR) is 219 cm³/mol. The van der Waals surface area contributed by atoms with Crippen LogP contribution in [0.5, 0.6) is 0 Å². The van der Waals surface area contributed by atoms with Gasteiger partial charge in [-0.25, -0.2) is 0 Å². The lowest BCUT2D eigenvalue weighted by Crippen LogP contribution is -2.30. The van der Waals surface area contributed by atoms with Gasteiger partial charge >= 0.3 is 17.9 Å². The molecule has 0 spiro atoms. The second-order valence-electron chi connectivity index (χ2n) is 14.6. The molecule has 0 radical (unpaired) electrons. The molecular weight excluding hydrogens is 648 g/mol. The van der Waals surface area contributed by atoms with Gasteiger partial charge in [-0.05, 0) is 51.4 Å². The minimum Gasteiger partial charge on any atom is -0.462 e. The maximum atomic E-state index is 12.7. The van der Waals surface area contributed by atoms with Crippen molar-refractivity contribution < 1.29 is 28.6 Å². The third kappa shape index (κ3) is 38.9. The van der Waals surface area contributed by atoms with Gasteiger partial charge in [-0.3, -0.25) is 14.4 Å². The SMILES string of the molecule is CC/C=C\C/C=C\C/C=C\CCCCC(=O)OCC(COC(=O)CCCCCCCCCCCCC)OC(=O)CCCCCCCCCCCCC. The Kier molecular flexibility index (Phi) is 39.5. The summed E-state index contributed by atoms with van der Waals surface area (Å²) >= 11 is 0. The zero-order valence-electron chi connectivity index (χ0n) is 34.3. The van der Waals surface area contributed by atoms with Gasteiger partial charge < -0.3 is 14.2 Å². The van der Waals surface area contributed by atoms with E-state index in [2.05, 4.69) is 57.2 Å². The molecule has 0 saturated heterocycles. The van der Waals surface area contributed by atoms with Crippen LogP contribution in [0.3, 0.4) is 0 Å². The summed E-state index contributed by atoms with van der Waals surface area (Å²) in [5.74, 6) is -0.922. The Labute approximate surface area is 321 Å². The first-order valence-electron chi connectivity index (χ1n) is 22.0. The highest BCUT2D eigenvalue weighted by atomic mass is 16.6. The van der Waals surface area contributed by atoms with E-state index in [0.717, 1.165) is 77.0 Å². The zero-order valence-corrected chi connectivity index (χ0v) is 34.3. The van der Waals surface area contributed by atoms with Crippen molar-refractivity contribution in [3.63, 3.8) is 0 Å². The van der Waals surface area contributed by atoms with Crippen molar-refractivity contribution in [3.8, 4) is 0 Å². The lowest BCUT2D eigenvalue weighted by molar-refractivity contribution is -0.167. The van der Waals surface area contributed by atoms with Gasteiger partial charge in [0.1, 0.15) is 13.2 Å². The number of hydrogen-bond acceptors (Lipinski definition) is 6. The van der Waals surface area contributed by atoms with Crippen LogP contribution < -0.4 is 0 Å². The molecule has 1 unspecified atom stereocenters. The molecule has 0 aromatic carbocycles. The van der Waals surface area contributed by atoms with Crippen molar-refractivity contribution in [2.75, 3.05) is 13.2 Å². The quantitative estimate of drug-likeness (QED) is 0.0271. The van der Waals surface area contributed by atoms with E-state index in [0.29, 0.717) is 19.3 Å². The monoisotopic (exact) mass is 731 g/mol. The molecule has 0 aromatic heterocycles. The molecule has 6 heteroatoms. The number of hydrogen-bond donors (Lipinski definition) is 0. The van der Waals surface area contributed by atoms with Crippen LogP contribution in [0.2, 0.25) is 0 Å². The lowest BCUT2D eigenvalue weighted by Gasteiger charge is -2.18. The van der Waals surface area contributed by atoms with Crippen LogP contribution in [0, 0.1) is 0 Å². The number of carbonyl (C=O) groups is 3. The average molecular weight is 731 g/mol. The van der Waals surface area contributed by atoms with E-state index < -0.39 is 6.10 Å². The fourth-order valence-corrected chi connectivity index (χ4v) is 6.10. The Hall–Kier alpha value is -2.37. The molecule has 0 aliphatic rings. The fraction of sp³-hybridized carbons (Fsp3) is 0.804. The smallest absolute Gasteiger partial charge is 0.306 e. The van der Waals surface area contributed by atoms with Gasteiger partial charge in [0.2, 0.25) is 0 Å². The summed E-state index contributed by atoms with van der Waals surface area (Å²) in [5, 5.41) is 0. The number of esters is 3. The molecule has 0 bridgehead atoms. The number of ether oxygens (including phenoxy) is 3. The van der Waals surface area contributed by atoms with Crippen LogP contribution in [0.1, 0.15) is 220 Å². The summed E-state index contributed by atoms with van der Waals surface area (Å²) in [4.78, 5) is 37.6. The summed E-state index contributed by atoms with van der Waals surface area (Å²) in [6, 6.07) is 0. The fourth-order valence-electron chi connectivity index (χ4n) is 6.10. The van der Waals surface area contributed by atoms with Crippen LogP contribution in [0.4, 0.5) is 0 Å². The standard InChI is InChI=1S/C46H82O6/c1-4-7-10-13-16-19-22-25-27-30-33-36-39-45(48)51-42-43(52-46(49)40-37-34-31-28-24-21-18-15-12-9-6-3)41-50-44(47)38-35-32-29-26-23-20-17-14-11-8-5-2/h7,10,16,19,25,27,43H,4-6,8-9,11-15,17-18,20-24,26,28-42H2,1-3H3/b10-7-,19-16-,27-25-. The van der Waals surface area contributed by atoms with Crippen LogP contribution in [-0.2, 0) is 28.6 Å². The minimum atomic E-state index is -0.779. The molecule has 0 aliphatic heterocycles. The topological polar surface area (TPSA) is 78.9 Å². The molecule has 0 rings (SSSR count). The molecule has 0 fully saturated rings. The van der Waals surface area contributed by atoms with Crippen molar-refractivity contribution in [1.29, 1.82) is 0 Å². The van der Waals surface area contributed by atoms with E-state index in [1.807, 2.05) is 0 Å². The van der Waals surface area contributed by atoms with E-state index in [1.54, 1.807) is 0 Å². The number of unbranched alkanes of at least 4 members (excludes halogenated alkanes) is 22. The van der Waals surface area contributed by atoms with Gasteiger partial charge in [0.25, 0.3) is 0 Å². The first-order chi connectivity index (χ1) is 25.5. The Balaban J connectivity index is 4.41. The molecule has 0 N–H and O–H groups in total. The number of carbonyl (C=O) groups excluding carboxylic acids is 3. The average Bonchev–Trinajstić information content (AvgIpc) is 3.14. The second-order valence-corrected chi connectivity index (χ2v) is 14.6. The van der Waals surface area contributed by atoms with E-state index >= 15 is 0 Å². The molecule has 6 nitrogen and oxygen atoms in total. The first kappa shape index (κ1) is 49.6. The Bertz CT molecular complexity index is 891. The molecule has 0 saturated carbocycles. The molecule has 0 aromatic rings. The molecule has 0 amide bonds. The molecular formula is C46H82O6. The first-order valence-corrected chi connectivity index (χ1v) is 22.0. The zero-order chi connectivity index (χ0) is 38.0. The normalized spacial score (nSPS) is 12.3. The number of rotatable bonds is 39. The number of allylic oxidation sites excluding steroid dienone is 6. The van der Waals surface area contributed by atoms with E-state index in [4.69, 9.17) is 14.2 Å². The van der Waals surface area contributed by atoms with Gasteiger partial charge in [-0.1, -0.05) is 186 Å². The minimum absolute atomic E-state index is 0.0811. The molecule has 0 aliphatic carbocycles. The highest BCUT2D eigenvalue weighted by Gasteiger charge is 2.19. The Morgan fingerprint density at radius 1 is 0.404 bits per heavy atom. The summed E-state index contributed by atoms with van der Waals surface area (Å²) in [6.07, 6.45) is 45.6. The van der Waals surface area contributed by atoms with Crippen molar-refractivity contribution in [1.82, 2.24) is 0 Å². The molecule has 52 heavy (non-hydrogen) atoms. The van der Waals surface area contributed by atoms with Crippen molar-refractivity contribution in [3.05, 3.63) is 36.5 Å². The van der Waals surface area contributed by atoms with E-state index in [9.17, 15) is 14.4 Å². The Morgan fingerprint density at radius 2 is 0.750 bits per heavy atom.